The molecule has 0 saturated carbocycles. The quantitative estimate of drug-likeness (QED) is 0.884. The molecule has 0 aliphatic rings. The van der Waals surface area contributed by atoms with Crippen LogP contribution in [0.5, 0.6) is 0 Å². The monoisotopic (exact) mass is 327 g/mol. The summed E-state index contributed by atoms with van der Waals surface area (Å²) in [7, 11) is 7.56. The van der Waals surface area contributed by atoms with Crippen LogP contribution in [0.2, 0.25) is 0 Å². The SMILES string of the molecule is CC[C@H](C(=O)Nc1cnc(N(C)C)nc1N(C)C)c1ccccc1. The lowest BCUT2D eigenvalue weighted by atomic mass is 9.95. The molecule has 6 nitrogen and oxygen atoms in total. The Bertz CT molecular complexity index is 685. The maximum Gasteiger partial charge on any atom is 0.232 e. The van der Waals surface area contributed by atoms with Crippen LogP contribution >= 0.6 is 0 Å². The average Bonchev–Trinajstić information content (AvgIpc) is 2.56. The second kappa shape index (κ2) is 7.77. The summed E-state index contributed by atoms with van der Waals surface area (Å²) < 4.78 is 0. The van der Waals surface area contributed by atoms with Gasteiger partial charge in [0.1, 0.15) is 5.69 Å². The molecule has 1 heterocycles. The summed E-state index contributed by atoms with van der Waals surface area (Å²) in [6.07, 6.45) is 2.39. The molecule has 0 radical (unpaired) electrons. The minimum atomic E-state index is -0.199. The van der Waals surface area contributed by atoms with Crippen LogP contribution in [0.4, 0.5) is 17.5 Å². The van der Waals surface area contributed by atoms with Gasteiger partial charge in [-0.1, -0.05) is 37.3 Å². The highest BCUT2D eigenvalue weighted by molar-refractivity contribution is 5.97. The topological polar surface area (TPSA) is 61.4 Å². The fourth-order valence-corrected chi connectivity index (χ4v) is 2.49. The molecule has 0 fully saturated rings. The highest BCUT2D eigenvalue weighted by Gasteiger charge is 2.21. The van der Waals surface area contributed by atoms with Gasteiger partial charge in [0.05, 0.1) is 12.1 Å². The van der Waals surface area contributed by atoms with Crippen LogP contribution in [0.3, 0.4) is 0 Å². The Kier molecular flexibility index (Phi) is 5.73. The lowest BCUT2D eigenvalue weighted by Gasteiger charge is -2.21. The van der Waals surface area contributed by atoms with Gasteiger partial charge in [-0.2, -0.15) is 4.98 Å². The second-order valence-corrected chi connectivity index (χ2v) is 6.06. The zero-order valence-electron chi connectivity index (χ0n) is 14.9. The Morgan fingerprint density at radius 1 is 1.12 bits per heavy atom. The molecule has 24 heavy (non-hydrogen) atoms. The van der Waals surface area contributed by atoms with Gasteiger partial charge in [0, 0.05) is 28.2 Å². The molecule has 0 bridgehead atoms. The number of carbonyl (C=O) groups is 1. The first-order valence-electron chi connectivity index (χ1n) is 8.01. The van der Waals surface area contributed by atoms with Gasteiger partial charge in [0.2, 0.25) is 11.9 Å². The van der Waals surface area contributed by atoms with E-state index < -0.39 is 0 Å². The van der Waals surface area contributed by atoms with Crippen molar-refractivity contribution in [1.82, 2.24) is 9.97 Å². The van der Waals surface area contributed by atoms with Crippen LogP contribution in [0.1, 0.15) is 24.8 Å². The largest absolute Gasteiger partial charge is 0.361 e. The smallest absolute Gasteiger partial charge is 0.232 e. The van der Waals surface area contributed by atoms with Crippen LogP contribution < -0.4 is 15.1 Å². The number of nitrogens with one attached hydrogen (secondary N) is 1. The Morgan fingerprint density at radius 2 is 1.79 bits per heavy atom. The molecule has 1 atom stereocenters. The molecule has 0 aliphatic heterocycles. The summed E-state index contributed by atoms with van der Waals surface area (Å²) in [5.74, 6) is 1.04. The fraction of sp³-hybridized carbons (Fsp3) is 0.389. The van der Waals surface area contributed by atoms with E-state index in [2.05, 4.69) is 15.3 Å². The van der Waals surface area contributed by atoms with E-state index in [1.807, 2.05) is 75.2 Å². The molecule has 1 aromatic carbocycles. The molecule has 0 aliphatic carbocycles. The standard InChI is InChI=1S/C18H25N5O/c1-6-14(13-10-8-7-9-11-13)17(24)20-15-12-19-18(23(4)5)21-16(15)22(2)3/h7-12,14H,6H2,1-5H3,(H,20,24)/t14-/m0/s1. The van der Waals surface area contributed by atoms with E-state index in [1.54, 1.807) is 6.20 Å². The van der Waals surface area contributed by atoms with Gasteiger partial charge in [-0.25, -0.2) is 4.98 Å². The molecule has 2 rings (SSSR count). The van der Waals surface area contributed by atoms with E-state index in [0.29, 0.717) is 17.5 Å². The predicted octanol–water partition coefficient (Wildman–Crippen LogP) is 2.74. The summed E-state index contributed by atoms with van der Waals surface area (Å²) in [6.45, 7) is 2.01. The summed E-state index contributed by atoms with van der Waals surface area (Å²) in [5, 5.41) is 2.98. The molecule has 0 unspecified atom stereocenters. The highest BCUT2D eigenvalue weighted by atomic mass is 16.1. The third-order valence-corrected chi connectivity index (χ3v) is 3.76. The summed E-state index contributed by atoms with van der Waals surface area (Å²) in [6, 6.07) is 9.81. The fourth-order valence-electron chi connectivity index (χ4n) is 2.49. The van der Waals surface area contributed by atoms with E-state index in [-0.39, 0.29) is 11.8 Å². The van der Waals surface area contributed by atoms with Crippen LogP contribution in [0, 0.1) is 0 Å². The normalized spacial score (nSPS) is 11.7. The molecule has 1 amide bonds. The summed E-state index contributed by atoms with van der Waals surface area (Å²) in [4.78, 5) is 25.3. The van der Waals surface area contributed by atoms with Gasteiger partial charge in [-0.3, -0.25) is 4.79 Å². The highest BCUT2D eigenvalue weighted by Crippen LogP contribution is 2.26. The van der Waals surface area contributed by atoms with E-state index in [9.17, 15) is 4.79 Å². The van der Waals surface area contributed by atoms with Crippen molar-refractivity contribution in [3.63, 3.8) is 0 Å². The van der Waals surface area contributed by atoms with Crippen LogP contribution in [0.15, 0.2) is 36.5 Å². The number of anilines is 3. The van der Waals surface area contributed by atoms with Crippen molar-refractivity contribution in [2.24, 2.45) is 0 Å². The first-order chi connectivity index (χ1) is 11.4. The second-order valence-electron chi connectivity index (χ2n) is 6.06. The lowest BCUT2D eigenvalue weighted by Crippen LogP contribution is -2.24. The minimum absolute atomic E-state index is 0.0481. The van der Waals surface area contributed by atoms with E-state index in [0.717, 1.165) is 12.0 Å². The Morgan fingerprint density at radius 3 is 2.33 bits per heavy atom. The molecule has 0 saturated heterocycles. The van der Waals surface area contributed by atoms with Crippen LogP contribution in [0.25, 0.3) is 0 Å². The number of carbonyl (C=O) groups excluding carboxylic acids is 1. The summed E-state index contributed by atoms with van der Waals surface area (Å²) >= 11 is 0. The van der Waals surface area contributed by atoms with Gasteiger partial charge < -0.3 is 15.1 Å². The summed E-state index contributed by atoms with van der Waals surface area (Å²) in [5.41, 5.74) is 1.62. The Hall–Kier alpha value is -2.63. The van der Waals surface area contributed by atoms with Gasteiger partial charge in [-0.05, 0) is 12.0 Å². The maximum absolute atomic E-state index is 12.7. The van der Waals surface area contributed by atoms with Gasteiger partial charge in [-0.15, -0.1) is 0 Å². The van der Waals surface area contributed by atoms with E-state index in [1.165, 1.54) is 0 Å². The Labute approximate surface area is 143 Å². The zero-order chi connectivity index (χ0) is 17.7. The van der Waals surface area contributed by atoms with Crippen molar-refractivity contribution in [2.75, 3.05) is 43.3 Å². The van der Waals surface area contributed by atoms with Crippen molar-refractivity contribution in [3.8, 4) is 0 Å². The third kappa shape index (κ3) is 4.01. The van der Waals surface area contributed by atoms with Crippen LogP contribution in [-0.4, -0.2) is 44.1 Å². The predicted molar refractivity (Wildman–Crippen MR) is 98.8 cm³/mol. The van der Waals surface area contributed by atoms with E-state index in [4.69, 9.17) is 0 Å². The first kappa shape index (κ1) is 17.7. The number of rotatable bonds is 6. The number of hydrogen-bond donors (Lipinski definition) is 1. The maximum atomic E-state index is 12.7. The van der Waals surface area contributed by atoms with E-state index >= 15 is 0 Å². The minimum Gasteiger partial charge on any atom is -0.361 e. The lowest BCUT2D eigenvalue weighted by molar-refractivity contribution is -0.117. The van der Waals surface area contributed by atoms with Gasteiger partial charge in [0.25, 0.3) is 0 Å². The molecule has 1 N–H and O–H groups in total. The number of benzene rings is 1. The number of aromatic nitrogens is 2. The molecular formula is C18H25N5O. The van der Waals surface area contributed by atoms with Crippen molar-refractivity contribution in [2.45, 2.75) is 19.3 Å². The van der Waals surface area contributed by atoms with Crippen LogP contribution in [-0.2, 0) is 4.79 Å². The Balaban J connectivity index is 2.27. The van der Waals surface area contributed by atoms with Crippen molar-refractivity contribution in [3.05, 3.63) is 42.1 Å². The van der Waals surface area contributed by atoms with Crippen molar-refractivity contribution < 1.29 is 4.79 Å². The average molecular weight is 327 g/mol. The van der Waals surface area contributed by atoms with Gasteiger partial charge >= 0.3 is 0 Å². The molecule has 2 aromatic rings. The molecule has 1 aromatic heterocycles. The zero-order valence-corrected chi connectivity index (χ0v) is 14.9. The molecular weight excluding hydrogens is 302 g/mol. The molecule has 6 heteroatoms. The van der Waals surface area contributed by atoms with Gasteiger partial charge in [0.15, 0.2) is 5.82 Å². The first-order valence-corrected chi connectivity index (χ1v) is 8.01. The van der Waals surface area contributed by atoms with Crippen molar-refractivity contribution in [1.29, 1.82) is 0 Å². The number of hydrogen-bond acceptors (Lipinski definition) is 5. The molecule has 128 valence electrons. The number of amides is 1. The van der Waals surface area contributed by atoms with Crippen molar-refractivity contribution >= 4 is 23.4 Å². The third-order valence-electron chi connectivity index (χ3n) is 3.76. The number of nitrogens with zero attached hydrogens (tertiary/aromatic N) is 4. The molecule has 0 spiro atoms.